The van der Waals surface area contributed by atoms with Crippen molar-refractivity contribution in [1.82, 2.24) is 5.32 Å². The molecule has 98 valence electrons. The molecule has 1 rings (SSSR count). The Kier molecular flexibility index (Phi) is 4.90. The summed E-state index contributed by atoms with van der Waals surface area (Å²) in [6.07, 6.45) is 0. The average Bonchev–Trinajstić information content (AvgIpc) is 2.28. The van der Waals surface area contributed by atoms with Crippen molar-refractivity contribution in [2.75, 3.05) is 11.9 Å². The average molecular weight is 313 g/mol. The van der Waals surface area contributed by atoms with Crippen LogP contribution in [-0.4, -0.2) is 22.7 Å². The molecule has 0 saturated carbocycles. The summed E-state index contributed by atoms with van der Waals surface area (Å²) in [5.41, 5.74) is 1.14. The molecule has 0 spiro atoms. The van der Waals surface area contributed by atoms with Gasteiger partial charge in [-0.05, 0) is 39.0 Å². The van der Waals surface area contributed by atoms with Crippen molar-refractivity contribution in [3.63, 3.8) is 0 Å². The van der Waals surface area contributed by atoms with Gasteiger partial charge in [0.05, 0.1) is 4.32 Å². The van der Waals surface area contributed by atoms with Gasteiger partial charge in [-0.3, -0.25) is 9.59 Å². The molecular weight excluding hydrogens is 296 g/mol. The summed E-state index contributed by atoms with van der Waals surface area (Å²) in [5, 5.41) is 5.47. The lowest BCUT2D eigenvalue weighted by Gasteiger charge is -2.16. The second-order valence-electron chi connectivity index (χ2n) is 4.37. The summed E-state index contributed by atoms with van der Waals surface area (Å²) in [7, 11) is 0. The Hall–Kier alpha value is -1.36. The molecule has 1 aromatic carbocycles. The minimum atomic E-state index is -0.644. The normalized spacial score (nSPS) is 10.9. The van der Waals surface area contributed by atoms with Crippen LogP contribution in [0.2, 0.25) is 0 Å². The molecule has 0 aliphatic carbocycles. The van der Waals surface area contributed by atoms with Crippen molar-refractivity contribution in [3.05, 3.63) is 29.8 Å². The topological polar surface area (TPSA) is 58.2 Å². The van der Waals surface area contributed by atoms with Crippen LogP contribution >= 0.6 is 15.9 Å². The van der Waals surface area contributed by atoms with Crippen LogP contribution in [-0.2, 0) is 4.79 Å². The quantitative estimate of drug-likeness (QED) is 0.839. The number of amides is 2. The fraction of sp³-hybridized carbons (Fsp3) is 0.385. The minimum Gasteiger partial charge on any atom is -0.352 e. The molecule has 5 heteroatoms. The zero-order chi connectivity index (χ0) is 13.8. The Morgan fingerprint density at radius 2 is 2.00 bits per heavy atom. The van der Waals surface area contributed by atoms with E-state index in [1.54, 1.807) is 38.1 Å². The first-order valence-corrected chi connectivity index (χ1v) is 6.52. The molecule has 0 radical (unpaired) electrons. The van der Waals surface area contributed by atoms with E-state index in [1.807, 2.05) is 6.92 Å². The lowest BCUT2D eigenvalue weighted by atomic mass is 10.1. The van der Waals surface area contributed by atoms with Gasteiger partial charge < -0.3 is 10.6 Å². The molecule has 18 heavy (non-hydrogen) atoms. The van der Waals surface area contributed by atoms with E-state index in [0.29, 0.717) is 17.8 Å². The summed E-state index contributed by atoms with van der Waals surface area (Å²) >= 11 is 3.28. The van der Waals surface area contributed by atoms with E-state index in [0.717, 1.165) is 0 Å². The standard InChI is InChI=1S/C13H17BrN2O2/c1-4-15-11(17)9-6-5-7-10(8-9)16-12(18)13(2,3)14/h5-8H,4H2,1-3H3,(H,15,17)(H,16,18). The van der Waals surface area contributed by atoms with E-state index in [4.69, 9.17) is 0 Å². The molecule has 0 unspecified atom stereocenters. The van der Waals surface area contributed by atoms with E-state index >= 15 is 0 Å². The number of anilines is 1. The molecule has 1 aromatic rings. The molecular formula is C13H17BrN2O2. The van der Waals surface area contributed by atoms with E-state index in [-0.39, 0.29) is 11.8 Å². The van der Waals surface area contributed by atoms with Crippen LogP contribution in [0.4, 0.5) is 5.69 Å². The number of nitrogens with one attached hydrogen (secondary N) is 2. The maximum Gasteiger partial charge on any atom is 0.251 e. The van der Waals surface area contributed by atoms with Crippen LogP contribution in [0.25, 0.3) is 0 Å². The molecule has 0 bridgehead atoms. The maximum absolute atomic E-state index is 11.8. The molecule has 4 nitrogen and oxygen atoms in total. The smallest absolute Gasteiger partial charge is 0.251 e. The number of carbonyl (C=O) groups excluding carboxylic acids is 2. The van der Waals surface area contributed by atoms with Gasteiger partial charge in [0.2, 0.25) is 5.91 Å². The van der Waals surface area contributed by atoms with Gasteiger partial charge in [0.15, 0.2) is 0 Å². The Morgan fingerprint density at radius 1 is 1.33 bits per heavy atom. The Labute approximate surface area is 115 Å². The third-order valence-electron chi connectivity index (χ3n) is 2.26. The van der Waals surface area contributed by atoms with Crippen molar-refractivity contribution in [2.45, 2.75) is 25.1 Å². The fourth-order valence-electron chi connectivity index (χ4n) is 1.28. The van der Waals surface area contributed by atoms with Gasteiger partial charge in [0.1, 0.15) is 0 Å². The Bertz CT molecular complexity index is 453. The highest BCUT2D eigenvalue weighted by molar-refractivity contribution is 9.10. The van der Waals surface area contributed by atoms with Gasteiger partial charge in [-0.2, -0.15) is 0 Å². The van der Waals surface area contributed by atoms with Gasteiger partial charge >= 0.3 is 0 Å². The highest BCUT2D eigenvalue weighted by Crippen LogP contribution is 2.19. The maximum atomic E-state index is 11.8. The summed E-state index contributed by atoms with van der Waals surface area (Å²) in [4.78, 5) is 23.4. The van der Waals surface area contributed by atoms with Gasteiger partial charge in [-0.1, -0.05) is 22.0 Å². The highest BCUT2D eigenvalue weighted by Gasteiger charge is 2.23. The highest BCUT2D eigenvalue weighted by atomic mass is 79.9. The van der Waals surface area contributed by atoms with Crippen molar-refractivity contribution in [3.8, 4) is 0 Å². The minimum absolute atomic E-state index is 0.147. The lowest BCUT2D eigenvalue weighted by molar-refractivity contribution is -0.117. The second-order valence-corrected chi connectivity index (χ2v) is 6.35. The summed E-state index contributed by atoms with van der Waals surface area (Å²) in [6.45, 7) is 5.95. The molecule has 2 amide bonds. The third-order valence-corrected chi connectivity index (χ3v) is 2.62. The van der Waals surface area contributed by atoms with Crippen molar-refractivity contribution >= 4 is 33.4 Å². The number of halogens is 1. The van der Waals surface area contributed by atoms with Gasteiger partial charge in [0, 0.05) is 17.8 Å². The van der Waals surface area contributed by atoms with Crippen LogP contribution in [0.3, 0.4) is 0 Å². The monoisotopic (exact) mass is 312 g/mol. The lowest BCUT2D eigenvalue weighted by Crippen LogP contribution is -2.31. The van der Waals surface area contributed by atoms with E-state index in [9.17, 15) is 9.59 Å². The van der Waals surface area contributed by atoms with Gasteiger partial charge in [-0.25, -0.2) is 0 Å². The van der Waals surface area contributed by atoms with E-state index in [2.05, 4.69) is 26.6 Å². The number of rotatable bonds is 4. The van der Waals surface area contributed by atoms with Crippen LogP contribution in [0.5, 0.6) is 0 Å². The molecule has 0 aromatic heterocycles. The van der Waals surface area contributed by atoms with Crippen LogP contribution in [0.15, 0.2) is 24.3 Å². The van der Waals surface area contributed by atoms with E-state index in [1.165, 1.54) is 0 Å². The number of hydrogen-bond acceptors (Lipinski definition) is 2. The summed E-state index contributed by atoms with van der Waals surface area (Å²) < 4.78 is -0.644. The predicted octanol–water partition coefficient (Wildman–Crippen LogP) is 2.55. The van der Waals surface area contributed by atoms with Crippen molar-refractivity contribution < 1.29 is 9.59 Å². The fourth-order valence-corrected chi connectivity index (χ4v) is 1.38. The number of hydrogen-bond donors (Lipinski definition) is 2. The third kappa shape index (κ3) is 4.14. The largest absolute Gasteiger partial charge is 0.352 e. The zero-order valence-corrected chi connectivity index (χ0v) is 12.3. The second kappa shape index (κ2) is 6.00. The molecule has 0 heterocycles. The first-order valence-electron chi connectivity index (χ1n) is 5.73. The molecule has 0 saturated heterocycles. The molecule has 0 atom stereocenters. The first kappa shape index (κ1) is 14.7. The number of carbonyl (C=O) groups is 2. The predicted molar refractivity (Wildman–Crippen MR) is 76.1 cm³/mol. The van der Waals surface area contributed by atoms with Gasteiger partial charge in [0.25, 0.3) is 5.91 Å². The Morgan fingerprint density at radius 3 is 2.56 bits per heavy atom. The Balaban J connectivity index is 2.83. The first-order chi connectivity index (χ1) is 8.34. The zero-order valence-electron chi connectivity index (χ0n) is 10.7. The molecule has 0 aliphatic rings. The van der Waals surface area contributed by atoms with Crippen molar-refractivity contribution in [1.29, 1.82) is 0 Å². The SMILES string of the molecule is CCNC(=O)c1cccc(NC(=O)C(C)(C)Br)c1. The van der Waals surface area contributed by atoms with Gasteiger partial charge in [-0.15, -0.1) is 0 Å². The molecule has 0 fully saturated rings. The van der Waals surface area contributed by atoms with Crippen molar-refractivity contribution in [2.24, 2.45) is 0 Å². The molecule has 0 aliphatic heterocycles. The summed E-state index contributed by atoms with van der Waals surface area (Å²) in [5.74, 6) is -0.303. The number of benzene rings is 1. The molecule has 2 N–H and O–H groups in total. The number of alkyl halides is 1. The van der Waals surface area contributed by atoms with Crippen LogP contribution in [0, 0.1) is 0 Å². The van der Waals surface area contributed by atoms with Crippen LogP contribution < -0.4 is 10.6 Å². The van der Waals surface area contributed by atoms with E-state index < -0.39 is 4.32 Å². The summed E-state index contributed by atoms with van der Waals surface area (Å²) in [6, 6.07) is 6.85. The van der Waals surface area contributed by atoms with Crippen LogP contribution in [0.1, 0.15) is 31.1 Å².